The minimum absolute atomic E-state index is 0.0690. The molecule has 0 aliphatic carbocycles. The first-order valence-corrected chi connectivity index (χ1v) is 10.9. The molecule has 3 rings (SSSR count). The molecule has 0 saturated carbocycles. The van der Waals surface area contributed by atoms with E-state index in [-0.39, 0.29) is 12.5 Å². The molecule has 2 aromatic rings. The van der Waals surface area contributed by atoms with Gasteiger partial charge >= 0.3 is 5.97 Å². The number of hydrogen-bond donors (Lipinski definition) is 2. The van der Waals surface area contributed by atoms with Crippen molar-refractivity contribution in [1.82, 2.24) is 5.32 Å². The molecule has 1 heterocycles. The van der Waals surface area contributed by atoms with Crippen LogP contribution in [0.25, 0.3) is 0 Å². The zero-order chi connectivity index (χ0) is 20.7. The molecule has 2 unspecified atom stereocenters. The van der Waals surface area contributed by atoms with Crippen molar-refractivity contribution >= 4 is 22.6 Å². The molecule has 2 atom stereocenters. The van der Waals surface area contributed by atoms with E-state index in [1.165, 1.54) is 0 Å². The van der Waals surface area contributed by atoms with E-state index in [2.05, 4.69) is 11.4 Å². The van der Waals surface area contributed by atoms with Gasteiger partial charge in [-0.25, -0.2) is 4.21 Å². The van der Waals surface area contributed by atoms with E-state index in [4.69, 9.17) is 5.11 Å². The number of aryl methyl sites for hydroxylation is 1. The second-order valence-corrected chi connectivity index (χ2v) is 8.07. The first kappa shape index (κ1) is 22.1. The van der Waals surface area contributed by atoms with E-state index in [9.17, 15) is 9.00 Å². The van der Waals surface area contributed by atoms with Gasteiger partial charge in [-0.2, -0.15) is 0 Å². The molecular weight excluding hydrogens is 372 g/mol. The highest BCUT2D eigenvalue weighted by Gasteiger charge is 2.29. The number of nitrogens with zero attached hydrogens (tertiary/aromatic N) is 1. The first-order valence-electron chi connectivity index (χ1n) is 9.79. The van der Waals surface area contributed by atoms with Crippen molar-refractivity contribution in [2.45, 2.75) is 51.0 Å². The SMILES string of the molecule is CC.Cc1ccc2c(c1)S(=O)N(C)c1ccccc1C2NCCCCC(=O)O. The second-order valence-electron chi connectivity index (χ2n) is 6.58. The summed E-state index contributed by atoms with van der Waals surface area (Å²) in [6, 6.07) is 14.0. The van der Waals surface area contributed by atoms with Crippen molar-refractivity contribution in [1.29, 1.82) is 0 Å². The number of anilines is 1. The van der Waals surface area contributed by atoms with Gasteiger partial charge in [-0.05, 0) is 55.1 Å². The van der Waals surface area contributed by atoms with Crippen LogP contribution in [0.15, 0.2) is 47.4 Å². The van der Waals surface area contributed by atoms with Crippen molar-refractivity contribution in [2.75, 3.05) is 17.9 Å². The number of carboxylic acids is 1. The molecule has 2 aromatic carbocycles. The van der Waals surface area contributed by atoms with E-state index in [1.807, 2.05) is 68.5 Å². The summed E-state index contributed by atoms with van der Waals surface area (Å²) in [6.07, 6.45) is 1.61. The predicted molar refractivity (Wildman–Crippen MR) is 115 cm³/mol. The predicted octanol–water partition coefficient (Wildman–Crippen LogP) is 4.43. The lowest BCUT2D eigenvalue weighted by Crippen LogP contribution is -2.24. The molecule has 0 radical (unpaired) electrons. The monoisotopic (exact) mass is 402 g/mol. The molecule has 5 nitrogen and oxygen atoms in total. The molecule has 0 bridgehead atoms. The zero-order valence-corrected chi connectivity index (χ0v) is 17.9. The van der Waals surface area contributed by atoms with E-state index < -0.39 is 17.0 Å². The molecule has 2 N–H and O–H groups in total. The van der Waals surface area contributed by atoms with Crippen LogP contribution in [0.4, 0.5) is 5.69 Å². The van der Waals surface area contributed by atoms with Crippen molar-refractivity contribution in [3.8, 4) is 0 Å². The van der Waals surface area contributed by atoms with Crippen LogP contribution in [0.3, 0.4) is 0 Å². The van der Waals surface area contributed by atoms with Gasteiger partial charge in [0.05, 0.1) is 16.6 Å². The number of unbranched alkanes of at least 4 members (excludes halogenated alkanes) is 1. The molecule has 0 aromatic heterocycles. The Balaban J connectivity index is 0.00000136. The number of carboxylic acid groups (broad SMARTS) is 1. The largest absolute Gasteiger partial charge is 0.481 e. The number of hydrogen-bond acceptors (Lipinski definition) is 3. The maximum atomic E-state index is 13.1. The summed E-state index contributed by atoms with van der Waals surface area (Å²) in [7, 11) is 0.588. The van der Waals surface area contributed by atoms with Crippen LogP contribution in [0.2, 0.25) is 0 Å². The van der Waals surface area contributed by atoms with Crippen LogP contribution >= 0.6 is 0 Å². The summed E-state index contributed by atoms with van der Waals surface area (Å²) in [5, 5.41) is 12.3. The summed E-state index contributed by atoms with van der Waals surface area (Å²) in [5.41, 5.74) is 4.13. The van der Waals surface area contributed by atoms with Crippen LogP contribution in [0, 0.1) is 6.92 Å². The van der Waals surface area contributed by atoms with Gasteiger partial charge in [0.25, 0.3) is 0 Å². The lowest BCUT2D eigenvalue weighted by atomic mass is 9.96. The average Bonchev–Trinajstić information content (AvgIpc) is 2.78. The quantitative estimate of drug-likeness (QED) is 0.702. The van der Waals surface area contributed by atoms with Crippen LogP contribution in [-0.4, -0.2) is 28.9 Å². The fourth-order valence-electron chi connectivity index (χ4n) is 3.32. The smallest absolute Gasteiger partial charge is 0.303 e. The fraction of sp³-hybridized carbons (Fsp3) is 0.409. The Bertz CT molecular complexity index is 838. The number of para-hydroxylation sites is 1. The van der Waals surface area contributed by atoms with E-state index in [1.54, 1.807) is 0 Å². The topological polar surface area (TPSA) is 69.6 Å². The Morgan fingerprint density at radius 2 is 1.86 bits per heavy atom. The van der Waals surface area contributed by atoms with Crippen LogP contribution in [0.5, 0.6) is 0 Å². The molecule has 28 heavy (non-hydrogen) atoms. The maximum Gasteiger partial charge on any atom is 0.303 e. The number of benzene rings is 2. The molecule has 0 saturated heterocycles. The van der Waals surface area contributed by atoms with Crippen molar-refractivity contribution < 1.29 is 14.1 Å². The van der Waals surface area contributed by atoms with Gasteiger partial charge in [0.1, 0.15) is 0 Å². The van der Waals surface area contributed by atoms with Gasteiger partial charge in [-0.1, -0.05) is 44.2 Å². The summed E-state index contributed by atoms with van der Waals surface area (Å²) in [5.74, 6) is -0.761. The normalized spacial score (nSPS) is 17.6. The van der Waals surface area contributed by atoms with Crippen LogP contribution in [-0.2, 0) is 15.8 Å². The number of aliphatic carboxylic acids is 1. The number of rotatable bonds is 6. The Labute approximate surface area is 170 Å². The molecule has 6 heteroatoms. The van der Waals surface area contributed by atoms with Gasteiger partial charge in [0.15, 0.2) is 11.0 Å². The van der Waals surface area contributed by atoms with Crippen molar-refractivity contribution in [2.24, 2.45) is 0 Å². The minimum atomic E-state index is -1.27. The third kappa shape index (κ3) is 5.00. The standard InChI is InChI=1S/C20H24N2O3S.C2H6/c1-14-10-11-16-18(13-14)26(25)22(2)17-8-4-3-7-15(17)20(16)21-12-6-5-9-19(23)24;1-2/h3-4,7-8,10-11,13,20-21H,5-6,9,12H2,1-2H3,(H,23,24);1-2H3. The highest BCUT2D eigenvalue weighted by Crippen LogP contribution is 2.38. The van der Waals surface area contributed by atoms with E-state index in [0.29, 0.717) is 13.0 Å². The fourth-order valence-corrected chi connectivity index (χ4v) is 4.64. The van der Waals surface area contributed by atoms with Gasteiger partial charge in [-0.15, -0.1) is 0 Å². The third-order valence-corrected chi connectivity index (χ3v) is 6.09. The third-order valence-electron chi connectivity index (χ3n) is 4.67. The first-order chi connectivity index (χ1) is 13.5. The van der Waals surface area contributed by atoms with Gasteiger partial charge in [0.2, 0.25) is 0 Å². The van der Waals surface area contributed by atoms with Gasteiger partial charge in [-0.3, -0.25) is 9.10 Å². The van der Waals surface area contributed by atoms with Crippen LogP contribution < -0.4 is 9.62 Å². The Kier molecular flexibility index (Phi) is 8.20. The highest BCUT2D eigenvalue weighted by molar-refractivity contribution is 7.86. The zero-order valence-electron chi connectivity index (χ0n) is 17.1. The van der Waals surface area contributed by atoms with Crippen molar-refractivity contribution in [3.63, 3.8) is 0 Å². The molecule has 152 valence electrons. The lowest BCUT2D eigenvalue weighted by molar-refractivity contribution is -0.137. The lowest BCUT2D eigenvalue weighted by Gasteiger charge is -2.22. The summed E-state index contributed by atoms with van der Waals surface area (Å²) in [6.45, 7) is 6.71. The maximum absolute atomic E-state index is 13.1. The molecule has 1 aliphatic rings. The van der Waals surface area contributed by atoms with E-state index >= 15 is 0 Å². The summed E-state index contributed by atoms with van der Waals surface area (Å²) in [4.78, 5) is 11.5. The molecular formula is C22H30N2O3S. The minimum Gasteiger partial charge on any atom is -0.481 e. The molecule has 0 amide bonds. The Morgan fingerprint density at radius 3 is 2.57 bits per heavy atom. The number of fused-ring (bicyclic) bond motifs is 2. The molecule has 1 aliphatic heterocycles. The number of carbonyl (C=O) groups is 1. The van der Waals surface area contributed by atoms with Crippen LogP contribution in [0.1, 0.15) is 55.8 Å². The second kappa shape index (κ2) is 10.4. The molecule has 0 spiro atoms. The molecule has 0 fully saturated rings. The summed E-state index contributed by atoms with van der Waals surface area (Å²) < 4.78 is 14.9. The Hall–Kier alpha value is -2.18. The van der Waals surface area contributed by atoms with Gasteiger partial charge in [0, 0.05) is 13.5 Å². The van der Waals surface area contributed by atoms with Crippen molar-refractivity contribution in [3.05, 3.63) is 59.2 Å². The van der Waals surface area contributed by atoms with Gasteiger partial charge < -0.3 is 10.4 Å². The Morgan fingerprint density at radius 1 is 1.14 bits per heavy atom. The summed E-state index contributed by atoms with van der Waals surface area (Å²) >= 11 is 0. The average molecular weight is 403 g/mol. The number of nitrogens with one attached hydrogen (secondary N) is 1. The highest BCUT2D eigenvalue weighted by atomic mass is 32.2. The van der Waals surface area contributed by atoms with E-state index in [0.717, 1.165) is 33.7 Å².